The predicted octanol–water partition coefficient (Wildman–Crippen LogP) is -5.12. The maximum absolute atomic E-state index is 14.5. The third-order valence-electron chi connectivity index (χ3n) is 4.75. The fourth-order valence-electron chi connectivity index (χ4n) is 2.84. The number of aliphatic hydroxyl groups excluding tert-OH is 4. The van der Waals surface area contributed by atoms with Gasteiger partial charge in [0.05, 0.1) is 6.61 Å². The van der Waals surface area contributed by atoms with E-state index in [-0.39, 0.29) is 25.8 Å². The molecule has 1 aliphatic rings. The largest absolute Gasteiger partial charge is 0.480 e. The molecule has 6 atom stereocenters. The zero-order valence-electron chi connectivity index (χ0n) is 16.4. The van der Waals surface area contributed by atoms with Gasteiger partial charge in [-0.15, -0.1) is 0 Å². The van der Waals surface area contributed by atoms with E-state index in [9.17, 15) is 43.6 Å². The molecule has 11 N–H and O–H groups in total. The predicted molar refractivity (Wildman–Crippen MR) is 94.1 cm³/mol. The Morgan fingerprint density at radius 3 is 2.29 bits per heavy atom. The van der Waals surface area contributed by atoms with Crippen molar-refractivity contribution >= 4 is 17.8 Å². The lowest BCUT2D eigenvalue weighted by Gasteiger charge is -2.47. The van der Waals surface area contributed by atoms with Gasteiger partial charge < -0.3 is 51.7 Å². The minimum atomic E-state index is -4.77. The summed E-state index contributed by atoms with van der Waals surface area (Å²) in [6, 6.07) is -0.800. The van der Waals surface area contributed by atoms with Crippen LogP contribution in [-0.4, -0.2) is 110 Å². The Morgan fingerprint density at radius 2 is 1.74 bits per heavy atom. The Hall–Kier alpha value is -2.01. The SMILES string of the molecule is [NH3+][C@@H](CCCCNC(=O)C(F)(F)[C@]1(O)O[C@H](CO)[C@H](O)[C@H](O)[C@H]1O)C(=O)NCC(=O)O. The van der Waals surface area contributed by atoms with Crippen molar-refractivity contribution in [1.29, 1.82) is 0 Å². The third kappa shape index (κ3) is 6.25. The van der Waals surface area contributed by atoms with Gasteiger partial charge in [-0.05, 0) is 12.8 Å². The van der Waals surface area contributed by atoms with Crippen molar-refractivity contribution in [2.75, 3.05) is 19.7 Å². The number of carbonyl (C=O) groups is 3. The van der Waals surface area contributed by atoms with Crippen LogP contribution in [0.2, 0.25) is 0 Å². The van der Waals surface area contributed by atoms with Gasteiger partial charge in [-0.2, -0.15) is 8.78 Å². The van der Waals surface area contributed by atoms with E-state index in [2.05, 4.69) is 15.8 Å². The van der Waals surface area contributed by atoms with Crippen LogP contribution in [-0.2, 0) is 19.1 Å². The zero-order valence-corrected chi connectivity index (χ0v) is 16.4. The van der Waals surface area contributed by atoms with E-state index < -0.39 is 73.1 Å². The van der Waals surface area contributed by atoms with Crippen molar-refractivity contribution in [3.8, 4) is 0 Å². The number of nitrogens with one attached hydrogen (secondary N) is 2. The Balaban J connectivity index is 2.57. The van der Waals surface area contributed by atoms with E-state index in [1.807, 2.05) is 5.32 Å². The molecule has 0 aromatic rings. The molecule has 0 aromatic carbocycles. The average molecular weight is 460 g/mol. The Labute approximate surface area is 174 Å². The molecule has 1 fully saturated rings. The molecular weight excluding hydrogens is 432 g/mol. The van der Waals surface area contributed by atoms with Crippen LogP contribution in [0.3, 0.4) is 0 Å². The van der Waals surface area contributed by atoms with E-state index in [1.165, 1.54) is 0 Å². The second-order valence-electron chi connectivity index (χ2n) is 7.10. The molecule has 31 heavy (non-hydrogen) atoms. The molecule has 1 aliphatic heterocycles. The number of aliphatic hydroxyl groups is 5. The maximum Gasteiger partial charge on any atom is 0.379 e. The van der Waals surface area contributed by atoms with Crippen LogP contribution in [0.5, 0.6) is 0 Å². The molecule has 0 aromatic heterocycles. The molecule has 0 spiro atoms. The second-order valence-corrected chi connectivity index (χ2v) is 7.10. The summed E-state index contributed by atoms with van der Waals surface area (Å²) >= 11 is 0. The Kier molecular flexibility index (Phi) is 9.62. The van der Waals surface area contributed by atoms with Gasteiger partial charge >= 0.3 is 11.9 Å². The molecule has 180 valence electrons. The van der Waals surface area contributed by atoms with Crippen LogP contribution < -0.4 is 16.4 Å². The summed E-state index contributed by atoms with van der Waals surface area (Å²) < 4.78 is 33.5. The molecule has 0 bridgehead atoms. The number of carboxylic acid groups (broad SMARTS) is 1. The molecule has 1 saturated heterocycles. The highest BCUT2D eigenvalue weighted by atomic mass is 19.3. The van der Waals surface area contributed by atoms with E-state index in [4.69, 9.17) is 10.2 Å². The van der Waals surface area contributed by atoms with Crippen molar-refractivity contribution in [3.63, 3.8) is 0 Å². The van der Waals surface area contributed by atoms with E-state index in [0.29, 0.717) is 0 Å². The summed E-state index contributed by atoms with van der Waals surface area (Å²) in [5, 5.41) is 60.6. The van der Waals surface area contributed by atoms with Gasteiger partial charge in [0.25, 0.3) is 17.6 Å². The van der Waals surface area contributed by atoms with Crippen molar-refractivity contribution < 1.29 is 64.3 Å². The lowest BCUT2D eigenvalue weighted by atomic mass is 9.88. The van der Waals surface area contributed by atoms with Gasteiger partial charge in [0.15, 0.2) is 6.04 Å². The van der Waals surface area contributed by atoms with Gasteiger partial charge in [0, 0.05) is 13.0 Å². The van der Waals surface area contributed by atoms with Crippen LogP contribution in [0, 0.1) is 0 Å². The molecular formula is C16H28F2N3O10+. The molecule has 1 rings (SSSR count). The number of rotatable bonds is 11. The number of alkyl halides is 2. The van der Waals surface area contributed by atoms with Gasteiger partial charge in [-0.3, -0.25) is 14.4 Å². The minimum absolute atomic E-state index is 0.114. The minimum Gasteiger partial charge on any atom is -0.480 e. The molecule has 1 heterocycles. The lowest BCUT2D eigenvalue weighted by molar-refractivity contribution is -0.405. The van der Waals surface area contributed by atoms with Gasteiger partial charge in [0.2, 0.25) is 0 Å². The smallest absolute Gasteiger partial charge is 0.379 e. The number of carboxylic acids is 1. The summed E-state index contributed by atoms with van der Waals surface area (Å²) in [6.45, 7) is -1.98. The first-order chi connectivity index (χ1) is 14.3. The number of carbonyl (C=O) groups excluding carboxylic acids is 2. The molecule has 0 radical (unpaired) electrons. The number of amides is 2. The number of hydrogen-bond donors (Lipinski definition) is 9. The average Bonchev–Trinajstić information content (AvgIpc) is 2.72. The van der Waals surface area contributed by atoms with Crippen LogP contribution in [0.4, 0.5) is 8.78 Å². The highest BCUT2D eigenvalue weighted by molar-refractivity contribution is 5.85. The fraction of sp³-hybridized carbons (Fsp3) is 0.812. The van der Waals surface area contributed by atoms with Crippen molar-refractivity contribution in [2.24, 2.45) is 0 Å². The number of halogens is 2. The second kappa shape index (κ2) is 11.0. The van der Waals surface area contributed by atoms with Gasteiger partial charge in [-0.25, -0.2) is 0 Å². The highest BCUT2D eigenvalue weighted by Crippen LogP contribution is 2.39. The van der Waals surface area contributed by atoms with E-state index >= 15 is 0 Å². The van der Waals surface area contributed by atoms with Crippen LogP contribution in [0.25, 0.3) is 0 Å². The highest BCUT2D eigenvalue weighted by Gasteiger charge is 2.69. The maximum atomic E-state index is 14.5. The summed E-state index contributed by atoms with van der Waals surface area (Å²) in [5.74, 6) is -12.6. The van der Waals surface area contributed by atoms with Crippen LogP contribution in [0.1, 0.15) is 19.3 Å². The normalized spacial score (nSPS) is 29.8. The topological polar surface area (TPSA) is 234 Å². The van der Waals surface area contributed by atoms with Crippen LogP contribution >= 0.6 is 0 Å². The first kappa shape index (κ1) is 27.0. The Morgan fingerprint density at radius 1 is 1.13 bits per heavy atom. The number of aliphatic carboxylic acids is 1. The third-order valence-corrected chi connectivity index (χ3v) is 4.75. The quantitative estimate of drug-likeness (QED) is 0.133. The summed E-state index contributed by atoms with van der Waals surface area (Å²) in [6.07, 6.45) is -8.42. The zero-order chi connectivity index (χ0) is 24.0. The van der Waals surface area contributed by atoms with Gasteiger partial charge in [-0.1, -0.05) is 0 Å². The van der Waals surface area contributed by atoms with Gasteiger partial charge in [0.1, 0.15) is 31.0 Å². The summed E-state index contributed by atoms with van der Waals surface area (Å²) in [4.78, 5) is 33.8. The van der Waals surface area contributed by atoms with Crippen molar-refractivity contribution in [3.05, 3.63) is 0 Å². The number of unbranched alkanes of at least 4 members (excludes halogenated alkanes) is 1. The molecule has 15 heteroatoms. The number of quaternary nitrogens is 1. The molecule has 0 saturated carbocycles. The number of hydrogen-bond acceptors (Lipinski definition) is 9. The van der Waals surface area contributed by atoms with Crippen LogP contribution in [0.15, 0.2) is 0 Å². The molecule has 0 unspecified atom stereocenters. The Bertz CT molecular complexity index is 653. The fourth-order valence-corrected chi connectivity index (χ4v) is 2.84. The van der Waals surface area contributed by atoms with E-state index in [0.717, 1.165) is 0 Å². The van der Waals surface area contributed by atoms with E-state index in [1.54, 1.807) is 0 Å². The first-order valence-electron chi connectivity index (χ1n) is 9.33. The molecule has 13 nitrogen and oxygen atoms in total. The monoisotopic (exact) mass is 460 g/mol. The van der Waals surface area contributed by atoms with Crippen molar-refractivity contribution in [2.45, 2.75) is 61.4 Å². The van der Waals surface area contributed by atoms with Crippen molar-refractivity contribution in [1.82, 2.24) is 10.6 Å². The standard InChI is InChI=1S/C16H27F2N3O10/c17-15(18,16(30)12(27)11(26)10(25)8(6-22)31-16)14(29)20-4-2-1-3-7(19)13(28)21-5-9(23)24/h7-8,10-12,22,25-27,30H,1-6,19H2,(H,20,29)(H,21,28)(H,23,24)/p+1/t7-,8+,10-,11-,12+,16+/m0/s1. The summed E-state index contributed by atoms with van der Waals surface area (Å²) in [5.41, 5.74) is 3.54. The molecule has 0 aliphatic carbocycles. The molecule has 2 amide bonds. The lowest BCUT2D eigenvalue weighted by Crippen LogP contribution is -2.73. The summed E-state index contributed by atoms with van der Waals surface area (Å²) in [7, 11) is 0. The number of ether oxygens (including phenoxy) is 1. The first-order valence-corrected chi connectivity index (χ1v) is 9.33.